The fourth-order valence-corrected chi connectivity index (χ4v) is 4.17. The molecule has 6 nitrogen and oxygen atoms in total. The Hall–Kier alpha value is -3.90. The van der Waals surface area contributed by atoms with Gasteiger partial charge in [0.25, 0.3) is 0 Å². The molecule has 0 saturated carbocycles. The smallest absolute Gasteiger partial charge is 0.340 e. The quantitative estimate of drug-likeness (QED) is 0.398. The second-order valence-electron chi connectivity index (χ2n) is 8.55. The number of nitrogens with one attached hydrogen (secondary N) is 1. The number of carbonyl (C=O) groups is 2. The lowest BCUT2D eigenvalue weighted by molar-refractivity contribution is -0.121. The second kappa shape index (κ2) is 10.4. The number of aromatic nitrogens is 1. The van der Waals surface area contributed by atoms with Gasteiger partial charge in [-0.05, 0) is 42.4 Å². The molecule has 1 amide bonds. The zero-order chi connectivity index (χ0) is 24.1. The van der Waals surface area contributed by atoms with E-state index in [0.717, 1.165) is 34.1 Å². The summed E-state index contributed by atoms with van der Waals surface area (Å²) in [6, 6.07) is 24.1. The summed E-state index contributed by atoms with van der Waals surface area (Å²) in [5.41, 5.74) is 5.78. The predicted molar refractivity (Wildman–Crippen MR) is 134 cm³/mol. The van der Waals surface area contributed by atoms with Gasteiger partial charge < -0.3 is 19.5 Å². The SMILES string of the molecule is COC(=O)c1cn(CC(=O)NCc2ccccc2-c2ccc(CN(C)C)cc2)c2ccccc12. The van der Waals surface area contributed by atoms with Crippen LogP contribution in [0.1, 0.15) is 21.5 Å². The molecular formula is C28H29N3O3. The summed E-state index contributed by atoms with van der Waals surface area (Å²) in [4.78, 5) is 27.1. The molecule has 174 valence electrons. The molecule has 3 aromatic carbocycles. The van der Waals surface area contributed by atoms with Crippen molar-refractivity contribution in [3.63, 3.8) is 0 Å². The van der Waals surface area contributed by atoms with Crippen molar-refractivity contribution in [1.29, 1.82) is 0 Å². The third kappa shape index (κ3) is 5.18. The number of para-hydroxylation sites is 1. The fraction of sp³-hybridized carbons (Fsp3) is 0.214. The Labute approximate surface area is 199 Å². The molecule has 0 spiro atoms. The second-order valence-corrected chi connectivity index (χ2v) is 8.55. The molecule has 0 aliphatic rings. The highest BCUT2D eigenvalue weighted by Crippen LogP contribution is 2.25. The Morgan fingerprint density at radius 3 is 2.38 bits per heavy atom. The number of benzene rings is 3. The molecule has 1 heterocycles. The van der Waals surface area contributed by atoms with E-state index in [9.17, 15) is 9.59 Å². The molecule has 4 rings (SSSR count). The molecule has 6 heteroatoms. The maximum Gasteiger partial charge on any atom is 0.340 e. The molecule has 34 heavy (non-hydrogen) atoms. The Balaban J connectivity index is 1.48. The van der Waals surface area contributed by atoms with Crippen LogP contribution < -0.4 is 5.32 Å². The minimum absolute atomic E-state index is 0.110. The molecule has 1 aromatic heterocycles. The molecule has 0 unspecified atom stereocenters. The molecular weight excluding hydrogens is 426 g/mol. The zero-order valence-corrected chi connectivity index (χ0v) is 19.7. The molecule has 0 bridgehead atoms. The summed E-state index contributed by atoms with van der Waals surface area (Å²) in [5.74, 6) is -0.547. The number of methoxy groups -OCH3 is 1. The number of carbonyl (C=O) groups excluding carboxylic acids is 2. The van der Waals surface area contributed by atoms with Gasteiger partial charge in [-0.1, -0.05) is 66.7 Å². The third-order valence-corrected chi connectivity index (χ3v) is 5.76. The van der Waals surface area contributed by atoms with E-state index in [0.29, 0.717) is 12.1 Å². The van der Waals surface area contributed by atoms with Gasteiger partial charge in [0, 0.05) is 30.2 Å². The number of esters is 1. The monoisotopic (exact) mass is 455 g/mol. The van der Waals surface area contributed by atoms with Gasteiger partial charge in [0.2, 0.25) is 5.91 Å². The summed E-state index contributed by atoms with van der Waals surface area (Å²) < 4.78 is 6.68. The van der Waals surface area contributed by atoms with Gasteiger partial charge in [0.15, 0.2) is 0 Å². The molecule has 0 atom stereocenters. The van der Waals surface area contributed by atoms with E-state index in [4.69, 9.17) is 4.74 Å². The van der Waals surface area contributed by atoms with E-state index < -0.39 is 5.97 Å². The molecule has 0 fully saturated rings. The maximum atomic E-state index is 12.8. The van der Waals surface area contributed by atoms with E-state index in [-0.39, 0.29) is 12.5 Å². The van der Waals surface area contributed by atoms with Crippen molar-refractivity contribution in [3.05, 3.63) is 95.7 Å². The minimum atomic E-state index is -0.416. The Morgan fingerprint density at radius 2 is 1.65 bits per heavy atom. The zero-order valence-electron chi connectivity index (χ0n) is 19.7. The molecule has 1 N–H and O–H groups in total. The van der Waals surface area contributed by atoms with Crippen molar-refractivity contribution in [2.75, 3.05) is 21.2 Å². The van der Waals surface area contributed by atoms with Gasteiger partial charge in [-0.2, -0.15) is 0 Å². The largest absolute Gasteiger partial charge is 0.465 e. The molecule has 0 saturated heterocycles. The number of rotatable bonds is 8. The van der Waals surface area contributed by atoms with Gasteiger partial charge in [-0.25, -0.2) is 4.79 Å². The van der Waals surface area contributed by atoms with Gasteiger partial charge in [-0.15, -0.1) is 0 Å². The van der Waals surface area contributed by atoms with E-state index in [1.807, 2.05) is 42.5 Å². The normalized spacial score (nSPS) is 11.1. The summed E-state index contributed by atoms with van der Waals surface area (Å²) >= 11 is 0. The summed E-state index contributed by atoms with van der Waals surface area (Å²) in [5, 5.41) is 3.80. The van der Waals surface area contributed by atoms with Crippen LogP contribution in [0.15, 0.2) is 79.0 Å². The van der Waals surface area contributed by atoms with Gasteiger partial charge in [0.05, 0.1) is 12.7 Å². The summed E-state index contributed by atoms with van der Waals surface area (Å²) in [6.07, 6.45) is 1.68. The highest BCUT2D eigenvalue weighted by Gasteiger charge is 2.16. The first kappa shape index (κ1) is 23.3. The first-order valence-electron chi connectivity index (χ1n) is 11.2. The lowest BCUT2D eigenvalue weighted by atomic mass is 9.98. The van der Waals surface area contributed by atoms with Crippen molar-refractivity contribution in [3.8, 4) is 11.1 Å². The van der Waals surface area contributed by atoms with E-state index in [1.54, 1.807) is 10.8 Å². The average Bonchev–Trinajstić information content (AvgIpc) is 3.21. The number of hydrogen-bond donors (Lipinski definition) is 1. The average molecular weight is 456 g/mol. The lowest BCUT2D eigenvalue weighted by Gasteiger charge is -2.13. The van der Waals surface area contributed by atoms with Crippen LogP contribution in [0.25, 0.3) is 22.0 Å². The third-order valence-electron chi connectivity index (χ3n) is 5.76. The number of nitrogens with zero attached hydrogens (tertiary/aromatic N) is 2. The maximum absolute atomic E-state index is 12.8. The van der Waals surface area contributed by atoms with Crippen LogP contribution in [0.2, 0.25) is 0 Å². The fourth-order valence-electron chi connectivity index (χ4n) is 4.17. The topological polar surface area (TPSA) is 63.6 Å². The highest BCUT2D eigenvalue weighted by atomic mass is 16.5. The molecule has 0 aliphatic carbocycles. The first-order chi connectivity index (χ1) is 16.5. The number of fused-ring (bicyclic) bond motifs is 1. The standard InChI is InChI=1S/C28H29N3O3/c1-30(2)17-20-12-14-21(15-13-20)23-9-5-4-8-22(23)16-29-27(32)19-31-18-25(28(33)34-3)24-10-6-7-11-26(24)31/h4-15,18H,16-17,19H2,1-3H3,(H,29,32). The van der Waals surface area contributed by atoms with Crippen LogP contribution in [0.5, 0.6) is 0 Å². The Bertz CT molecular complexity index is 1310. The van der Waals surface area contributed by atoms with E-state index >= 15 is 0 Å². The van der Waals surface area contributed by atoms with Crippen LogP contribution in [-0.4, -0.2) is 42.5 Å². The number of hydrogen-bond acceptors (Lipinski definition) is 4. The van der Waals surface area contributed by atoms with Crippen molar-refractivity contribution in [2.24, 2.45) is 0 Å². The van der Waals surface area contributed by atoms with E-state index in [2.05, 4.69) is 54.6 Å². The van der Waals surface area contributed by atoms with E-state index in [1.165, 1.54) is 12.7 Å². The van der Waals surface area contributed by atoms with Gasteiger partial charge >= 0.3 is 5.97 Å². The lowest BCUT2D eigenvalue weighted by Crippen LogP contribution is -2.27. The Morgan fingerprint density at radius 1 is 0.941 bits per heavy atom. The van der Waals surface area contributed by atoms with Crippen molar-refractivity contribution < 1.29 is 14.3 Å². The molecule has 4 aromatic rings. The van der Waals surface area contributed by atoms with Crippen molar-refractivity contribution in [1.82, 2.24) is 14.8 Å². The number of amides is 1. The van der Waals surface area contributed by atoms with Crippen molar-refractivity contribution in [2.45, 2.75) is 19.6 Å². The highest BCUT2D eigenvalue weighted by molar-refractivity contribution is 6.04. The molecule has 0 aliphatic heterocycles. The summed E-state index contributed by atoms with van der Waals surface area (Å²) in [6.45, 7) is 1.42. The summed E-state index contributed by atoms with van der Waals surface area (Å²) in [7, 11) is 5.46. The Kier molecular flexibility index (Phi) is 7.09. The van der Waals surface area contributed by atoms with Crippen LogP contribution in [0.3, 0.4) is 0 Å². The van der Waals surface area contributed by atoms with Crippen molar-refractivity contribution >= 4 is 22.8 Å². The minimum Gasteiger partial charge on any atom is -0.465 e. The van der Waals surface area contributed by atoms with Crippen LogP contribution in [-0.2, 0) is 29.2 Å². The first-order valence-corrected chi connectivity index (χ1v) is 11.2. The van der Waals surface area contributed by atoms with Crippen LogP contribution in [0.4, 0.5) is 0 Å². The molecule has 0 radical (unpaired) electrons. The van der Waals surface area contributed by atoms with Gasteiger partial charge in [-0.3, -0.25) is 4.79 Å². The number of ether oxygens (including phenoxy) is 1. The van der Waals surface area contributed by atoms with Crippen LogP contribution >= 0.6 is 0 Å². The van der Waals surface area contributed by atoms with Gasteiger partial charge in [0.1, 0.15) is 6.54 Å². The van der Waals surface area contributed by atoms with Crippen LogP contribution in [0, 0.1) is 0 Å². The predicted octanol–water partition coefficient (Wildman–Crippen LogP) is 4.47.